The predicted octanol–water partition coefficient (Wildman–Crippen LogP) is 4.22. The number of carbonyl (C=O) groups is 2. The zero-order valence-electron chi connectivity index (χ0n) is 19.1. The summed E-state index contributed by atoms with van der Waals surface area (Å²) in [7, 11) is 0. The van der Waals surface area contributed by atoms with Gasteiger partial charge in [-0.15, -0.1) is 0 Å². The third-order valence-corrected chi connectivity index (χ3v) is 10.9. The Labute approximate surface area is 195 Å². The highest BCUT2D eigenvalue weighted by atomic mass is 79.9. The number of carbonyl (C=O) groups excluding carboxylic acids is 2. The van der Waals surface area contributed by atoms with E-state index in [2.05, 4.69) is 29.8 Å². The van der Waals surface area contributed by atoms with Crippen LogP contribution in [0.2, 0.25) is 0 Å². The van der Waals surface area contributed by atoms with Gasteiger partial charge in [-0.1, -0.05) is 29.8 Å². The van der Waals surface area contributed by atoms with Crippen LogP contribution in [0.5, 0.6) is 0 Å². The van der Waals surface area contributed by atoms with Crippen molar-refractivity contribution in [3.05, 3.63) is 0 Å². The monoisotopic (exact) mass is 495 g/mol. The maximum atomic E-state index is 12.9. The van der Waals surface area contributed by atoms with Crippen molar-refractivity contribution in [3.63, 3.8) is 0 Å². The number of amides is 1. The number of hydrogen-bond acceptors (Lipinski definition) is 4. The van der Waals surface area contributed by atoms with E-state index in [1.165, 1.54) is 25.7 Å². The zero-order chi connectivity index (χ0) is 21.8. The molecule has 6 heteroatoms. The first-order valence-electron chi connectivity index (χ1n) is 12.5. The molecule has 1 saturated heterocycles. The van der Waals surface area contributed by atoms with Crippen LogP contribution in [0, 0.1) is 34.5 Å². The van der Waals surface area contributed by atoms with E-state index in [1.54, 1.807) is 0 Å². The first-order chi connectivity index (χ1) is 14.8. The van der Waals surface area contributed by atoms with Gasteiger partial charge in [0.05, 0.1) is 24.1 Å². The summed E-state index contributed by atoms with van der Waals surface area (Å²) >= 11 is 3.69. The van der Waals surface area contributed by atoms with Crippen molar-refractivity contribution >= 4 is 27.6 Å². The fraction of sp³-hybridized carbons (Fsp3) is 0.920. The van der Waals surface area contributed by atoms with E-state index < -0.39 is 0 Å². The number of Topliss-reactive ketones (excluding diaryl/α,β-unsaturated/α-hetero) is 1. The number of nitrogens with zero attached hydrogens (tertiary/aromatic N) is 1. The molecule has 5 rings (SSSR count). The molecule has 5 aliphatic rings. The van der Waals surface area contributed by atoms with E-state index in [9.17, 15) is 9.59 Å². The molecule has 0 aromatic carbocycles. The van der Waals surface area contributed by atoms with Crippen molar-refractivity contribution in [1.82, 2.24) is 4.90 Å². The van der Waals surface area contributed by atoms with Gasteiger partial charge in [-0.25, -0.2) is 0 Å². The van der Waals surface area contributed by atoms with E-state index in [0.29, 0.717) is 55.3 Å². The highest BCUT2D eigenvalue weighted by Gasteiger charge is 2.62. The summed E-state index contributed by atoms with van der Waals surface area (Å²) in [5.41, 5.74) is 0.268. The van der Waals surface area contributed by atoms with Crippen molar-refractivity contribution in [3.8, 4) is 0 Å². The Hall–Kier alpha value is -0.460. The minimum Gasteiger partial charge on any atom is -0.378 e. The van der Waals surface area contributed by atoms with Crippen LogP contribution in [0.3, 0.4) is 0 Å². The van der Waals surface area contributed by atoms with Gasteiger partial charge in [0, 0.05) is 18.5 Å². The smallest absolute Gasteiger partial charge is 0.248 e. The fourth-order valence-electron chi connectivity index (χ4n) is 8.21. The third kappa shape index (κ3) is 3.73. The van der Waals surface area contributed by atoms with Gasteiger partial charge in [0.1, 0.15) is 6.61 Å². The lowest BCUT2D eigenvalue weighted by Gasteiger charge is -2.60. The molecule has 4 saturated carbocycles. The summed E-state index contributed by atoms with van der Waals surface area (Å²) in [6, 6.07) is 0. The average molecular weight is 496 g/mol. The molecule has 4 aliphatic carbocycles. The number of morpholine rings is 1. The van der Waals surface area contributed by atoms with Crippen LogP contribution in [0.1, 0.15) is 65.2 Å². The molecular formula is C25H38BrNO4. The summed E-state index contributed by atoms with van der Waals surface area (Å²) < 4.78 is 11.5. The van der Waals surface area contributed by atoms with Crippen molar-refractivity contribution in [2.75, 3.05) is 32.9 Å². The summed E-state index contributed by atoms with van der Waals surface area (Å²) in [5, 5.41) is 0. The number of halogens is 1. The molecule has 1 amide bonds. The minimum atomic E-state index is -0.0985. The molecular weight excluding hydrogens is 458 g/mol. The fourth-order valence-corrected chi connectivity index (χ4v) is 9.14. The maximum absolute atomic E-state index is 12.9. The van der Waals surface area contributed by atoms with Gasteiger partial charge in [-0.05, 0) is 80.5 Å². The van der Waals surface area contributed by atoms with Crippen molar-refractivity contribution in [1.29, 1.82) is 0 Å². The topological polar surface area (TPSA) is 55.8 Å². The van der Waals surface area contributed by atoms with Crippen molar-refractivity contribution < 1.29 is 19.1 Å². The van der Waals surface area contributed by atoms with Gasteiger partial charge >= 0.3 is 0 Å². The lowest BCUT2D eigenvalue weighted by atomic mass is 9.45. The first kappa shape index (κ1) is 22.3. The summed E-state index contributed by atoms with van der Waals surface area (Å²) in [6.07, 6.45) is 9.39. The number of fused-ring (bicyclic) bond motifs is 5. The minimum absolute atomic E-state index is 0.0694. The molecule has 0 unspecified atom stereocenters. The van der Waals surface area contributed by atoms with Crippen molar-refractivity contribution in [2.24, 2.45) is 34.5 Å². The van der Waals surface area contributed by atoms with Gasteiger partial charge in [-0.3, -0.25) is 9.59 Å². The third-order valence-electron chi connectivity index (χ3n) is 10.1. The molecule has 31 heavy (non-hydrogen) atoms. The first-order valence-corrected chi connectivity index (χ1v) is 13.4. The Bertz CT molecular complexity index is 724. The summed E-state index contributed by atoms with van der Waals surface area (Å²) in [6.45, 7) is 7.66. The van der Waals surface area contributed by atoms with Crippen LogP contribution in [0.15, 0.2) is 0 Å². The normalized spacial score (nSPS) is 47.5. The second kappa shape index (κ2) is 8.39. The Morgan fingerprint density at radius 1 is 1.10 bits per heavy atom. The number of rotatable bonds is 3. The summed E-state index contributed by atoms with van der Waals surface area (Å²) in [4.78, 5) is 27.3. The van der Waals surface area contributed by atoms with E-state index in [4.69, 9.17) is 9.47 Å². The second-order valence-corrected chi connectivity index (χ2v) is 12.5. The van der Waals surface area contributed by atoms with Crippen LogP contribution in [0.4, 0.5) is 0 Å². The van der Waals surface area contributed by atoms with Crippen LogP contribution < -0.4 is 0 Å². The van der Waals surface area contributed by atoms with Crippen molar-refractivity contribution in [2.45, 2.75) is 76.1 Å². The largest absolute Gasteiger partial charge is 0.378 e. The Morgan fingerprint density at radius 3 is 2.65 bits per heavy atom. The molecule has 0 aromatic heterocycles. The lowest BCUT2D eigenvalue weighted by molar-refractivity contribution is -0.153. The van der Waals surface area contributed by atoms with Gasteiger partial charge in [0.25, 0.3) is 0 Å². The van der Waals surface area contributed by atoms with Gasteiger partial charge in [0.15, 0.2) is 5.78 Å². The number of alkyl halides is 1. The molecule has 1 aliphatic heterocycles. The molecule has 174 valence electrons. The Kier molecular flexibility index (Phi) is 6.05. The van der Waals surface area contributed by atoms with E-state index in [1.807, 2.05) is 4.90 Å². The standard InChI is InChI=1S/C25H38BrNO4/c1-24-7-5-17(31-15-22(28)27-9-11-30-12-10-27)13-16(24)3-4-18-19(24)6-8-25(2)20(18)14-21(26)23(25)29/h16-21H,3-15H2,1-2H3/t16-,17-,18+,19-,20-,21+,24-,25-/m0/s1. The zero-order valence-corrected chi connectivity index (χ0v) is 20.7. The number of hydrogen-bond donors (Lipinski definition) is 0. The maximum Gasteiger partial charge on any atom is 0.248 e. The van der Waals surface area contributed by atoms with Gasteiger partial charge < -0.3 is 14.4 Å². The Balaban J connectivity index is 1.21. The second-order valence-electron chi connectivity index (χ2n) is 11.4. The molecule has 8 atom stereocenters. The molecule has 0 bridgehead atoms. The van der Waals surface area contributed by atoms with Crippen LogP contribution in [0.25, 0.3) is 0 Å². The summed E-state index contributed by atoms with van der Waals surface area (Å²) in [5.74, 6) is 3.26. The molecule has 0 radical (unpaired) electrons. The van der Waals surface area contributed by atoms with E-state index in [-0.39, 0.29) is 28.9 Å². The lowest BCUT2D eigenvalue weighted by Crippen LogP contribution is -2.54. The average Bonchev–Trinajstić information content (AvgIpc) is 3.02. The van der Waals surface area contributed by atoms with Gasteiger partial charge in [-0.2, -0.15) is 0 Å². The van der Waals surface area contributed by atoms with Crippen LogP contribution in [-0.2, 0) is 19.1 Å². The number of ketones is 1. The molecule has 5 fully saturated rings. The molecule has 0 N–H and O–H groups in total. The molecule has 0 spiro atoms. The SMILES string of the molecule is C[C@]12CC[C@H](OCC(=O)N3CCOCC3)C[C@@H]1CC[C@@H]1[C@@H]2CC[C@]2(C)C(=O)[C@H](Br)C[C@@H]12. The van der Waals surface area contributed by atoms with E-state index >= 15 is 0 Å². The molecule has 0 aromatic rings. The number of ether oxygens (including phenoxy) is 2. The van der Waals surface area contributed by atoms with Crippen LogP contribution in [-0.4, -0.2) is 60.4 Å². The molecule has 1 heterocycles. The van der Waals surface area contributed by atoms with Crippen LogP contribution >= 0.6 is 15.9 Å². The quantitative estimate of drug-likeness (QED) is 0.550. The highest BCUT2D eigenvalue weighted by molar-refractivity contribution is 9.10. The predicted molar refractivity (Wildman–Crippen MR) is 122 cm³/mol. The Morgan fingerprint density at radius 2 is 1.87 bits per heavy atom. The molecule has 5 nitrogen and oxygen atoms in total. The van der Waals surface area contributed by atoms with Gasteiger partial charge in [0.2, 0.25) is 5.91 Å². The highest BCUT2D eigenvalue weighted by Crippen LogP contribution is 2.66. The van der Waals surface area contributed by atoms with E-state index in [0.717, 1.165) is 31.6 Å².